The Labute approximate surface area is 189 Å². The van der Waals surface area contributed by atoms with E-state index in [1.165, 1.54) is 24.4 Å². The first kappa shape index (κ1) is 21.7. The molecule has 32 heavy (non-hydrogen) atoms. The fourth-order valence-electron chi connectivity index (χ4n) is 3.16. The third-order valence-electron chi connectivity index (χ3n) is 4.61. The monoisotopic (exact) mass is 475 g/mol. The number of carbonyl (C=O) groups is 2. The summed E-state index contributed by atoms with van der Waals surface area (Å²) in [5, 5.41) is 7.62. The summed E-state index contributed by atoms with van der Waals surface area (Å²) in [6.07, 6.45) is -1.58. The van der Waals surface area contributed by atoms with Gasteiger partial charge in [-0.15, -0.1) is 0 Å². The van der Waals surface area contributed by atoms with Crippen LogP contribution in [-0.4, -0.2) is 26.6 Å². The van der Waals surface area contributed by atoms with Crippen molar-refractivity contribution in [3.05, 3.63) is 81.7 Å². The predicted octanol–water partition coefficient (Wildman–Crippen LogP) is 5.02. The van der Waals surface area contributed by atoms with E-state index in [2.05, 4.69) is 15.4 Å². The summed E-state index contributed by atoms with van der Waals surface area (Å²) in [4.78, 5) is 29.2. The molecule has 2 heterocycles. The predicted molar refractivity (Wildman–Crippen MR) is 117 cm³/mol. The van der Waals surface area contributed by atoms with Crippen LogP contribution in [0.5, 0.6) is 0 Å². The van der Waals surface area contributed by atoms with Gasteiger partial charge < -0.3 is 11.1 Å². The highest BCUT2D eigenvalue weighted by Gasteiger charge is 2.25. The van der Waals surface area contributed by atoms with Crippen molar-refractivity contribution < 1.29 is 18.4 Å². The Hall–Kier alpha value is -3.56. The summed E-state index contributed by atoms with van der Waals surface area (Å²) in [6, 6.07) is 12.3. The molecule has 0 bridgehead atoms. The van der Waals surface area contributed by atoms with Gasteiger partial charge in [-0.25, -0.2) is 18.4 Å². The lowest BCUT2D eigenvalue weighted by Crippen LogP contribution is -2.21. The highest BCUT2D eigenvalue weighted by Crippen LogP contribution is 2.35. The van der Waals surface area contributed by atoms with Crippen molar-refractivity contribution in [3.63, 3.8) is 0 Å². The van der Waals surface area contributed by atoms with E-state index >= 15 is 0 Å². The highest BCUT2D eigenvalue weighted by molar-refractivity contribution is 6.40. The minimum Gasteiger partial charge on any atom is -0.366 e. The van der Waals surface area contributed by atoms with Crippen molar-refractivity contribution in [3.8, 4) is 5.82 Å². The molecule has 0 atom stereocenters. The molecular formula is C21H13Cl2F2N5O2. The number of fused-ring (bicyclic) bond motifs is 1. The molecule has 4 aromatic rings. The number of primary amides is 1. The maximum atomic E-state index is 13.3. The van der Waals surface area contributed by atoms with Crippen LogP contribution in [0.25, 0.3) is 16.6 Å². The molecule has 0 aliphatic carbocycles. The van der Waals surface area contributed by atoms with E-state index in [9.17, 15) is 18.4 Å². The maximum Gasteiger partial charge on any atom is 0.282 e. The highest BCUT2D eigenvalue weighted by atomic mass is 35.5. The fourth-order valence-corrected chi connectivity index (χ4v) is 3.68. The topological polar surface area (TPSA) is 103 Å². The SMILES string of the molecule is NC(=O)c1cc2ccccc2c(Cl)c1NC(=O)c1cc(C(F)F)nn1-c1ncccc1Cl. The van der Waals surface area contributed by atoms with Crippen LogP contribution in [0.3, 0.4) is 0 Å². The first-order valence-electron chi connectivity index (χ1n) is 9.09. The molecule has 11 heteroatoms. The summed E-state index contributed by atoms with van der Waals surface area (Å²) >= 11 is 12.6. The van der Waals surface area contributed by atoms with Gasteiger partial charge in [0.05, 0.1) is 21.3 Å². The Bertz CT molecular complexity index is 1370. The number of rotatable bonds is 5. The Morgan fingerprint density at radius 1 is 1.09 bits per heavy atom. The summed E-state index contributed by atoms with van der Waals surface area (Å²) < 4.78 is 27.6. The molecule has 3 N–H and O–H groups in total. The van der Waals surface area contributed by atoms with Crippen LogP contribution in [0.15, 0.2) is 54.7 Å². The van der Waals surface area contributed by atoms with Crippen LogP contribution in [0.2, 0.25) is 10.0 Å². The molecule has 2 amide bonds. The van der Waals surface area contributed by atoms with Crippen molar-refractivity contribution in [2.45, 2.75) is 6.43 Å². The van der Waals surface area contributed by atoms with Crippen LogP contribution >= 0.6 is 23.2 Å². The Kier molecular flexibility index (Phi) is 5.77. The second-order valence-electron chi connectivity index (χ2n) is 6.63. The zero-order valence-corrected chi connectivity index (χ0v) is 17.5. The zero-order valence-electron chi connectivity index (χ0n) is 16.0. The number of alkyl halides is 2. The van der Waals surface area contributed by atoms with E-state index < -0.39 is 23.9 Å². The smallest absolute Gasteiger partial charge is 0.282 e. The third kappa shape index (κ3) is 3.88. The van der Waals surface area contributed by atoms with Crippen LogP contribution in [0.1, 0.15) is 33.0 Å². The zero-order chi connectivity index (χ0) is 23.0. The van der Waals surface area contributed by atoms with Crippen LogP contribution in [0.4, 0.5) is 14.5 Å². The van der Waals surface area contributed by atoms with E-state index in [-0.39, 0.29) is 32.8 Å². The molecule has 0 aliphatic rings. The van der Waals surface area contributed by atoms with Crippen LogP contribution < -0.4 is 11.1 Å². The maximum absolute atomic E-state index is 13.3. The van der Waals surface area contributed by atoms with Gasteiger partial charge in [-0.05, 0) is 29.7 Å². The van der Waals surface area contributed by atoms with Crippen LogP contribution in [-0.2, 0) is 0 Å². The van der Waals surface area contributed by atoms with Crippen molar-refractivity contribution in [1.29, 1.82) is 0 Å². The summed E-state index contributed by atoms with van der Waals surface area (Å²) in [5.41, 5.74) is 4.44. The van der Waals surface area contributed by atoms with E-state index in [1.807, 2.05) is 0 Å². The average molecular weight is 476 g/mol. The van der Waals surface area contributed by atoms with Gasteiger partial charge in [0.2, 0.25) is 0 Å². The number of pyridine rings is 1. The largest absolute Gasteiger partial charge is 0.366 e. The second kappa shape index (κ2) is 8.52. The van der Waals surface area contributed by atoms with Crippen LogP contribution in [0, 0.1) is 0 Å². The number of anilines is 1. The number of carbonyl (C=O) groups excluding carboxylic acids is 2. The van der Waals surface area contributed by atoms with Crippen molar-refractivity contribution in [2.24, 2.45) is 5.73 Å². The quantitative estimate of drug-likeness (QED) is 0.423. The number of hydrogen-bond acceptors (Lipinski definition) is 4. The number of halogens is 4. The van der Waals surface area contributed by atoms with Gasteiger partial charge in [0.1, 0.15) is 11.4 Å². The van der Waals surface area contributed by atoms with Gasteiger partial charge in [-0.2, -0.15) is 5.10 Å². The molecule has 4 rings (SSSR count). The molecule has 0 unspecified atom stereocenters. The average Bonchev–Trinajstić information content (AvgIpc) is 3.21. The minimum atomic E-state index is -2.95. The van der Waals surface area contributed by atoms with Crippen molar-refractivity contribution in [2.75, 3.05) is 5.32 Å². The number of nitrogens with zero attached hydrogens (tertiary/aromatic N) is 3. The minimum absolute atomic E-state index is 0.0223. The van der Waals surface area contributed by atoms with Crippen molar-refractivity contribution >= 4 is 51.5 Å². The molecule has 2 aromatic heterocycles. The van der Waals surface area contributed by atoms with E-state index in [0.29, 0.717) is 10.8 Å². The number of nitrogens with two attached hydrogens (primary N) is 1. The van der Waals surface area contributed by atoms with Gasteiger partial charge in [-0.1, -0.05) is 47.5 Å². The van der Waals surface area contributed by atoms with E-state index in [0.717, 1.165) is 10.7 Å². The second-order valence-corrected chi connectivity index (χ2v) is 7.41. The molecular weight excluding hydrogens is 463 g/mol. The molecule has 0 spiro atoms. The number of benzene rings is 2. The first-order chi connectivity index (χ1) is 15.3. The molecule has 0 fully saturated rings. The standard InChI is InChI=1S/C21H13Cl2F2N5O2/c22-13-6-3-7-27-20(13)30-15(9-14(29-30)18(24)25)21(32)28-17-12(19(26)31)8-10-4-1-2-5-11(10)16(17)23/h1-9,18H,(H2,26,31)(H,28,32). The lowest BCUT2D eigenvalue weighted by Gasteiger charge is -2.14. The Morgan fingerprint density at radius 3 is 2.53 bits per heavy atom. The molecule has 7 nitrogen and oxygen atoms in total. The van der Waals surface area contributed by atoms with Crippen molar-refractivity contribution in [1.82, 2.24) is 14.8 Å². The summed E-state index contributed by atoms with van der Waals surface area (Å²) in [5.74, 6) is -1.72. The number of hydrogen-bond donors (Lipinski definition) is 2. The number of amides is 2. The van der Waals surface area contributed by atoms with Gasteiger partial charge in [-0.3, -0.25) is 9.59 Å². The van der Waals surface area contributed by atoms with Gasteiger partial charge in [0, 0.05) is 11.6 Å². The molecule has 162 valence electrons. The molecule has 2 aromatic carbocycles. The van der Waals surface area contributed by atoms with Gasteiger partial charge in [0.25, 0.3) is 18.2 Å². The third-order valence-corrected chi connectivity index (χ3v) is 5.30. The molecule has 0 saturated heterocycles. The summed E-state index contributed by atoms with van der Waals surface area (Å²) in [6.45, 7) is 0. The van der Waals surface area contributed by atoms with Gasteiger partial charge >= 0.3 is 0 Å². The normalized spacial score (nSPS) is 11.2. The lowest BCUT2D eigenvalue weighted by molar-refractivity contribution is 0.100. The fraction of sp³-hybridized carbons (Fsp3) is 0.0476. The van der Waals surface area contributed by atoms with E-state index in [1.54, 1.807) is 24.3 Å². The van der Waals surface area contributed by atoms with E-state index in [4.69, 9.17) is 28.9 Å². The molecule has 0 radical (unpaired) electrons. The lowest BCUT2D eigenvalue weighted by atomic mass is 10.0. The Morgan fingerprint density at radius 2 is 1.84 bits per heavy atom. The Balaban J connectivity index is 1.84. The van der Waals surface area contributed by atoms with Gasteiger partial charge in [0.15, 0.2) is 5.82 Å². The summed E-state index contributed by atoms with van der Waals surface area (Å²) in [7, 11) is 0. The molecule has 0 saturated carbocycles. The number of nitrogens with one attached hydrogen (secondary N) is 1. The first-order valence-corrected chi connectivity index (χ1v) is 9.85. The molecule has 0 aliphatic heterocycles. The number of aromatic nitrogens is 3.